The van der Waals surface area contributed by atoms with Gasteiger partial charge in [0.25, 0.3) is 5.91 Å². The Labute approximate surface area is 124 Å². The minimum absolute atomic E-state index is 0.0271. The van der Waals surface area contributed by atoms with Crippen LogP contribution in [0.25, 0.3) is 0 Å². The first-order valence-electron chi connectivity index (χ1n) is 6.95. The van der Waals surface area contributed by atoms with Crippen molar-refractivity contribution >= 4 is 17.2 Å². The molecular formula is C17H21NOS. The normalized spacial score (nSPS) is 12.2. The molecule has 0 bridgehead atoms. The highest BCUT2D eigenvalue weighted by Crippen LogP contribution is 2.23. The molecule has 0 aliphatic carbocycles. The third-order valence-electron chi connectivity index (χ3n) is 3.48. The van der Waals surface area contributed by atoms with Crippen LogP contribution in [0.1, 0.15) is 50.6 Å². The summed E-state index contributed by atoms with van der Waals surface area (Å²) >= 11 is 1.67. The minimum atomic E-state index is 0.0271. The molecule has 0 fully saturated rings. The lowest BCUT2D eigenvalue weighted by molar-refractivity contribution is 0.0935. The highest BCUT2D eigenvalue weighted by atomic mass is 32.1. The predicted molar refractivity (Wildman–Crippen MR) is 85.5 cm³/mol. The number of carbonyl (C=O) groups is 1. The third kappa shape index (κ3) is 3.28. The molecule has 0 aliphatic rings. The fourth-order valence-electron chi connectivity index (χ4n) is 2.31. The summed E-state index contributed by atoms with van der Waals surface area (Å²) in [7, 11) is 0. The number of nitrogens with one attached hydrogen (secondary N) is 1. The number of hydrogen-bond donors (Lipinski definition) is 1. The van der Waals surface area contributed by atoms with Crippen molar-refractivity contribution in [3.63, 3.8) is 0 Å². The van der Waals surface area contributed by atoms with E-state index in [-0.39, 0.29) is 11.9 Å². The summed E-state index contributed by atoms with van der Waals surface area (Å²) in [5.41, 5.74) is 3.20. The van der Waals surface area contributed by atoms with Gasteiger partial charge in [0.1, 0.15) is 0 Å². The van der Waals surface area contributed by atoms with E-state index in [9.17, 15) is 4.79 Å². The molecule has 1 aromatic heterocycles. The molecule has 0 aliphatic heterocycles. The van der Waals surface area contributed by atoms with E-state index in [1.807, 2.05) is 19.9 Å². The largest absolute Gasteiger partial charge is 0.345 e. The van der Waals surface area contributed by atoms with Crippen molar-refractivity contribution in [2.45, 2.75) is 40.2 Å². The van der Waals surface area contributed by atoms with Crippen LogP contribution in [-0.2, 0) is 0 Å². The third-order valence-corrected chi connectivity index (χ3v) is 4.44. The molecule has 1 unspecified atom stereocenters. The van der Waals surface area contributed by atoms with E-state index in [1.165, 1.54) is 10.4 Å². The molecule has 1 aromatic carbocycles. The van der Waals surface area contributed by atoms with Crippen LogP contribution in [0.2, 0.25) is 0 Å². The summed E-state index contributed by atoms with van der Waals surface area (Å²) in [6.45, 7) is 8.20. The van der Waals surface area contributed by atoms with Crippen LogP contribution >= 0.6 is 11.3 Å². The standard InChI is InChI=1S/C17H21NOS/c1-5-16(14-8-6-11(2)7-9-14)18-17(19)15-10-12(3)20-13(15)4/h6-10,16H,5H2,1-4H3,(H,18,19). The van der Waals surface area contributed by atoms with E-state index in [2.05, 4.69) is 43.4 Å². The van der Waals surface area contributed by atoms with Gasteiger partial charge in [-0.15, -0.1) is 11.3 Å². The second-order valence-corrected chi connectivity index (χ2v) is 6.63. The van der Waals surface area contributed by atoms with Crippen molar-refractivity contribution < 1.29 is 4.79 Å². The maximum absolute atomic E-state index is 12.4. The molecule has 1 amide bonds. The van der Waals surface area contributed by atoms with Crippen molar-refractivity contribution in [2.75, 3.05) is 0 Å². The number of thiophene rings is 1. The molecule has 0 spiro atoms. The van der Waals surface area contributed by atoms with Gasteiger partial charge in [0.2, 0.25) is 0 Å². The SMILES string of the molecule is CCC(NC(=O)c1cc(C)sc1C)c1ccc(C)cc1. The summed E-state index contributed by atoms with van der Waals surface area (Å²) in [6.07, 6.45) is 0.886. The molecular weight excluding hydrogens is 266 g/mol. The molecule has 3 heteroatoms. The summed E-state index contributed by atoms with van der Waals surface area (Å²) in [5, 5.41) is 3.14. The number of carbonyl (C=O) groups excluding carboxylic acids is 1. The van der Waals surface area contributed by atoms with E-state index in [0.717, 1.165) is 22.4 Å². The zero-order chi connectivity index (χ0) is 14.7. The highest BCUT2D eigenvalue weighted by Gasteiger charge is 2.16. The Morgan fingerprint density at radius 1 is 1.20 bits per heavy atom. The fourth-order valence-corrected chi connectivity index (χ4v) is 3.23. The Morgan fingerprint density at radius 2 is 1.85 bits per heavy atom. The van der Waals surface area contributed by atoms with Crippen LogP contribution < -0.4 is 5.32 Å². The second-order valence-electron chi connectivity index (χ2n) is 5.17. The Kier molecular flexibility index (Phi) is 4.61. The number of rotatable bonds is 4. The Hall–Kier alpha value is -1.61. The van der Waals surface area contributed by atoms with E-state index in [1.54, 1.807) is 11.3 Å². The predicted octanol–water partition coefficient (Wildman–Crippen LogP) is 4.55. The Bertz CT molecular complexity index is 598. The molecule has 20 heavy (non-hydrogen) atoms. The molecule has 2 rings (SSSR count). The van der Waals surface area contributed by atoms with Crippen molar-refractivity contribution in [1.82, 2.24) is 5.32 Å². The first-order valence-corrected chi connectivity index (χ1v) is 7.77. The molecule has 2 aromatic rings. The van der Waals surface area contributed by atoms with Gasteiger partial charge < -0.3 is 5.32 Å². The molecule has 0 saturated heterocycles. The lowest BCUT2D eigenvalue weighted by Crippen LogP contribution is -2.28. The molecule has 1 heterocycles. The zero-order valence-electron chi connectivity index (χ0n) is 12.5. The van der Waals surface area contributed by atoms with Crippen LogP contribution in [-0.4, -0.2) is 5.91 Å². The van der Waals surface area contributed by atoms with Gasteiger partial charge in [-0.2, -0.15) is 0 Å². The number of amides is 1. The van der Waals surface area contributed by atoms with Gasteiger partial charge in [0.15, 0.2) is 0 Å². The molecule has 106 valence electrons. The first kappa shape index (κ1) is 14.8. The quantitative estimate of drug-likeness (QED) is 0.878. The fraction of sp³-hybridized carbons (Fsp3) is 0.353. The first-order chi connectivity index (χ1) is 9.51. The van der Waals surface area contributed by atoms with E-state index in [4.69, 9.17) is 0 Å². The van der Waals surface area contributed by atoms with E-state index < -0.39 is 0 Å². The monoisotopic (exact) mass is 287 g/mol. The van der Waals surface area contributed by atoms with Gasteiger partial charge in [0, 0.05) is 9.75 Å². The Morgan fingerprint density at radius 3 is 2.35 bits per heavy atom. The molecule has 0 saturated carbocycles. The van der Waals surface area contributed by atoms with Crippen molar-refractivity contribution in [3.8, 4) is 0 Å². The molecule has 1 atom stereocenters. The van der Waals surface area contributed by atoms with Crippen molar-refractivity contribution in [1.29, 1.82) is 0 Å². The van der Waals surface area contributed by atoms with Gasteiger partial charge in [-0.05, 0) is 38.8 Å². The molecule has 1 N–H and O–H groups in total. The molecule has 0 radical (unpaired) electrons. The maximum Gasteiger partial charge on any atom is 0.252 e. The van der Waals surface area contributed by atoms with Crippen LogP contribution in [0.5, 0.6) is 0 Å². The van der Waals surface area contributed by atoms with Crippen LogP contribution in [0.15, 0.2) is 30.3 Å². The Balaban J connectivity index is 2.16. The maximum atomic E-state index is 12.4. The molecule has 2 nitrogen and oxygen atoms in total. The number of hydrogen-bond acceptors (Lipinski definition) is 2. The van der Waals surface area contributed by atoms with Gasteiger partial charge in [-0.1, -0.05) is 36.8 Å². The zero-order valence-corrected chi connectivity index (χ0v) is 13.3. The highest BCUT2D eigenvalue weighted by molar-refractivity contribution is 7.12. The van der Waals surface area contributed by atoms with E-state index in [0.29, 0.717) is 0 Å². The summed E-state index contributed by atoms with van der Waals surface area (Å²) in [6, 6.07) is 10.4. The van der Waals surface area contributed by atoms with E-state index >= 15 is 0 Å². The van der Waals surface area contributed by atoms with Crippen LogP contribution in [0.4, 0.5) is 0 Å². The average molecular weight is 287 g/mol. The van der Waals surface area contributed by atoms with Crippen molar-refractivity contribution in [2.24, 2.45) is 0 Å². The van der Waals surface area contributed by atoms with Crippen LogP contribution in [0, 0.1) is 20.8 Å². The summed E-state index contributed by atoms with van der Waals surface area (Å²) in [5.74, 6) is 0.0271. The van der Waals surface area contributed by atoms with Crippen molar-refractivity contribution in [3.05, 3.63) is 56.8 Å². The lowest BCUT2D eigenvalue weighted by atomic mass is 10.0. The smallest absolute Gasteiger partial charge is 0.252 e. The second kappa shape index (κ2) is 6.23. The average Bonchev–Trinajstić information content (AvgIpc) is 2.76. The topological polar surface area (TPSA) is 29.1 Å². The minimum Gasteiger partial charge on any atom is -0.345 e. The number of aryl methyl sites for hydroxylation is 3. The van der Waals surface area contributed by atoms with Crippen LogP contribution in [0.3, 0.4) is 0 Å². The summed E-state index contributed by atoms with van der Waals surface area (Å²) in [4.78, 5) is 14.6. The lowest BCUT2D eigenvalue weighted by Gasteiger charge is -2.17. The van der Waals surface area contributed by atoms with Gasteiger partial charge in [0.05, 0.1) is 11.6 Å². The van der Waals surface area contributed by atoms with Gasteiger partial charge in [-0.25, -0.2) is 0 Å². The van der Waals surface area contributed by atoms with Gasteiger partial charge >= 0.3 is 0 Å². The summed E-state index contributed by atoms with van der Waals surface area (Å²) < 4.78 is 0. The van der Waals surface area contributed by atoms with Gasteiger partial charge in [-0.3, -0.25) is 4.79 Å². The number of benzene rings is 1.